The first-order chi connectivity index (χ1) is 17.1. The molecule has 11 heteroatoms. The molecule has 4 aromatic rings. The van der Waals surface area contributed by atoms with Gasteiger partial charge in [0.15, 0.2) is 0 Å². The molecule has 0 saturated heterocycles. The van der Waals surface area contributed by atoms with Gasteiger partial charge in [-0.05, 0) is 23.8 Å². The topological polar surface area (TPSA) is 96.5 Å². The van der Waals surface area contributed by atoms with Crippen molar-refractivity contribution in [1.29, 1.82) is 0 Å². The maximum atomic E-state index is 13.8. The lowest BCUT2D eigenvalue weighted by atomic mass is 10.1. The molecule has 36 heavy (non-hydrogen) atoms. The molecule has 0 bridgehead atoms. The van der Waals surface area contributed by atoms with E-state index in [2.05, 4.69) is 10.6 Å². The van der Waals surface area contributed by atoms with E-state index in [1.54, 1.807) is 31.3 Å². The van der Waals surface area contributed by atoms with E-state index >= 15 is 0 Å². The summed E-state index contributed by atoms with van der Waals surface area (Å²) in [5.74, 6) is -3.75. The first kappa shape index (κ1) is 25.5. The minimum absolute atomic E-state index is 0.00765. The van der Waals surface area contributed by atoms with Crippen molar-refractivity contribution in [3.63, 3.8) is 0 Å². The van der Waals surface area contributed by atoms with Crippen LogP contribution in [-0.4, -0.2) is 22.1 Å². The molecule has 0 saturated carbocycles. The van der Waals surface area contributed by atoms with Crippen molar-refractivity contribution in [2.24, 2.45) is 7.05 Å². The number of nitrogens with one attached hydrogen (secondary N) is 2. The van der Waals surface area contributed by atoms with Gasteiger partial charge in [0.05, 0.1) is 23.6 Å². The summed E-state index contributed by atoms with van der Waals surface area (Å²) in [5, 5.41) is 16.3. The van der Waals surface area contributed by atoms with Crippen LogP contribution in [0.15, 0.2) is 57.9 Å². The summed E-state index contributed by atoms with van der Waals surface area (Å²) in [6.07, 6.45) is -0.219. The number of amides is 1. The maximum absolute atomic E-state index is 13.8. The van der Waals surface area contributed by atoms with Gasteiger partial charge in [-0.1, -0.05) is 23.7 Å². The Kier molecular flexibility index (Phi) is 7.48. The number of carbonyl (C=O) groups is 1. The number of hydrogen-bond donors (Lipinski definition) is 3. The van der Waals surface area contributed by atoms with Crippen molar-refractivity contribution in [1.82, 2.24) is 15.2 Å². The van der Waals surface area contributed by atoms with Gasteiger partial charge in [0.25, 0.3) is 5.91 Å². The van der Waals surface area contributed by atoms with Gasteiger partial charge in [-0.3, -0.25) is 9.59 Å². The van der Waals surface area contributed by atoms with Crippen molar-refractivity contribution in [2.75, 3.05) is 6.54 Å². The predicted molar refractivity (Wildman–Crippen MR) is 127 cm³/mol. The van der Waals surface area contributed by atoms with Gasteiger partial charge >= 0.3 is 0 Å². The number of benzene rings is 2. The van der Waals surface area contributed by atoms with Gasteiger partial charge in [0.2, 0.25) is 11.1 Å². The standard InChI is InChI=1S/C25H21ClF3N3O4/c1-32-12-18(24(35)31-9-13-2-4-14(26)5-3-13)23(34)17-8-16(36-25(17)32)10-30-11-21(33)22-19(28)6-15(27)7-20(22)29/h2-8,12,21,30,33H,9-11H2,1H3,(H,31,35). The summed E-state index contributed by atoms with van der Waals surface area (Å²) < 4.78 is 48.0. The number of halogens is 4. The van der Waals surface area contributed by atoms with Crippen LogP contribution in [0.25, 0.3) is 11.1 Å². The number of hydrogen-bond acceptors (Lipinski definition) is 5. The summed E-state index contributed by atoms with van der Waals surface area (Å²) >= 11 is 5.86. The predicted octanol–water partition coefficient (Wildman–Crippen LogP) is 3.96. The lowest BCUT2D eigenvalue weighted by Crippen LogP contribution is -2.29. The number of aliphatic hydroxyl groups is 1. The van der Waals surface area contributed by atoms with Crippen LogP contribution < -0.4 is 16.1 Å². The van der Waals surface area contributed by atoms with Crippen LogP contribution in [0, 0.1) is 17.5 Å². The van der Waals surface area contributed by atoms with E-state index in [0.717, 1.165) is 5.56 Å². The summed E-state index contributed by atoms with van der Waals surface area (Å²) in [6, 6.07) is 9.33. The average Bonchev–Trinajstić information content (AvgIpc) is 3.25. The van der Waals surface area contributed by atoms with Crippen molar-refractivity contribution >= 4 is 28.6 Å². The third-order valence-electron chi connectivity index (χ3n) is 5.52. The van der Waals surface area contributed by atoms with Crippen LogP contribution in [0.4, 0.5) is 13.2 Å². The number of nitrogens with zero attached hydrogens (tertiary/aromatic N) is 1. The lowest BCUT2D eigenvalue weighted by molar-refractivity contribution is 0.0949. The van der Waals surface area contributed by atoms with Gasteiger partial charge in [-0.2, -0.15) is 0 Å². The number of fused-ring (bicyclic) bond motifs is 1. The second-order valence-electron chi connectivity index (χ2n) is 8.15. The SMILES string of the molecule is Cn1cc(C(=O)NCc2ccc(Cl)cc2)c(=O)c2cc(CNCC(O)c3c(F)cc(F)cc3F)oc21. The van der Waals surface area contributed by atoms with E-state index in [9.17, 15) is 27.9 Å². The highest BCUT2D eigenvalue weighted by atomic mass is 35.5. The molecule has 0 spiro atoms. The number of aryl methyl sites for hydroxylation is 1. The van der Waals surface area contributed by atoms with Gasteiger partial charge in [0, 0.05) is 43.5 Å². The lowest BCUT2D eigenvalue weighted by Gasteiger charge is -2.13. The number of pyridine rings is 1. The third-order valence-corrected chi connectivity index (χ3v) is 5.77. The van der Waals surface area contributed by atoms with Crippen molar-refractivity contribution < 1.29 is 27.5 Å². The fraction of sp³-hybridized carbons (Fsp3) is 0.200. The molecule has 188 valence electrons. The average molecular weight is 520 g/mol. The number of aliphatic hydroxyl groups excluding tert-OH is 1. The number of carbonyl (C=O) groups excluding carboxylic acids is 1. The van der Waals surface area contributed by atoms with Crippen LogP contribution in [0.3, 0.4) is 0 Å². The molecule has 1 unspecified atom stereocenters. The number of furan rings is 1. The maximum Gasteiger partial charge on any atom is 0.257 e. The smallest absolute Gasteiger partial charge is 0.257 e. The molecule has 2 heterocycles. The molecule has 1 atom stereocenters. The van der Waals surface area contributed by atoms with Gasteiger partial charge in [-0.15, -0.1) is 0 Å². The molecule has 4 rings (SSSR count). The van der Waals surface area contributed by atoms with Crippen molar-refractivity contribution in [3.8, 4) is 0 Å². The van der Waals surface area contributed by atoms with Crippen molar-refractivity contribution in [3.05, 3.63) is 104 Å². The summed E-state index contributed by atoms with van der Waals surface area (Å²) in [7, 11) is 1.61. The Morgan fingerprint density at radius 3 is 2.44 bits per heavy atom. The Labute approximate surface area is 208 Å². The molecule has 2 aromatic heterocycles. The molecule has 1 amide bonds. The van der Waals surface area contributed by atoms with Crippen LogP contribution in [-0.2, 0) is 20.1 Å². The first-order valence-electron chi connectivity index (χ1n) is 10.8. The highest BCUT2D eigenvalue weighted by Gasteiger charge is 2.21. The molecule has 0 aliphatic rings. The van der Waals surface area contributed by atoms with E-state index in [1.165, 1.54) is 16.8 Å². The normalized spacial score (nSPS) is 12.2. The van der Waals surface area contributed by atoms with Crippen LogP contribution in [0.2, 0.25) is 5.02 Å². The van der Waals surface area contributed by atoms with E-state index in [1.807, 2.05) is 0 Å². The fourth-order valence-corrected chi connectivity index (χ4v) is 3.87. The monoisotopic (exact) mass is 519 g/mol. The largest absolute Gasteiger partial charge is 0.443 e. The molecule has 0 radical (unpaired) electrons. The Balaban J connectivity index is 1.45. The van der Waals surface area contributed by atoms with Crippen molar-refractivity contribution in [2.45, 2.75) is 19.2 Å². The molecular weight excluding hydrogens is 499 g/mol. The second-order valence-corrected chi connectivity index (χ2v) is 8.59. The molecule has 7 nitrogen and oxygen atoms in total. The Morgan fingerprint density at radius 2 is 1.78 bits per heavy atom. The summed E-state index contributed by atoms with van der Waals surface area (Å²) in [5.41, 5.74) is -0.220. The molecule has 0 fully saturated rings. The second kappa shape index (κ2) is 10.6. The van der Waals surface area contributed by atoms with E-state index in [4.69, 9.17) is 16.0 Å². The Morgan fingerprint density at radius 1 is 1.11 bits per heavy atom. The third kappa shape index (κ3) is 5.46. The van der Waals surface area contributed by atoms with Gasteiger partial charge < -0.3 is 24.7 Å². The zero-order valence-electron chi connectivity index (χ0n) is 18.9. The zero-order chi connectivity index (χ0) is 26.0. The van der Waals surface area contributed by atoms with Gasteiger partial charge in [-0.25, -0.2) is 13.2 Å². The van der Waals surface area contributed by atoms with Gasteiger partial charge in [0.1, 0.15) is 28.8 Å². The number of rotatable bonds is 8. The molecule has 0 aliphatic carbocycles. The Hall–Kier alpha value is -3.60. The highest BCUT2D eigenvalue weighted by Crippen LogP contribution is 2.22. The zero-order valence-corrected chi connectivity index (χ0v) is 19.7. The summed E-state index contributed by atoms with van der Waals surface area (Å²) in [6.45, 7) is -0.0613. The molecular formula is C25H21ClF3N3O4. The molecule has 3 N–H and O–H groups in total. The fourth-order valence-electron chi connectivity index (χ4n) is 3.75. The number of aromatic nitrogens is 1. The molecule has 0 aliphatic heterocycles. The van der Waals surface area contributed by atoms with E-state index < -0.39 is 40.5 Å². The minimum Gasteiger partial charge on any atom is -0.443 e. The highest BCUT2D eigenvalue weighted by molar-refractivity contribution is 6.30. The van der Waals surface area contributed by atoms with E-state index in [0.29, 0.717) is 22.9 Å². The van der Waals surface area contributed by atoms with Crippen LogP contribution in [0.1, 0.15) is 33.3 Å². The van der Waals surface area contributed by atoms with Crippen LogP contribution >= 0.6 is 11.6 Å². The summed E-state index contributed by atoms with van der Waals surface area (Å²) in [4.78, 5) is 25.6. The molecule has 2 aromatic carbocycles. The minimum atomic E-state index is -1.59. The van der Waals surface area contributed by atoms with E-state index in [-0.39, 0.29) is 36.3 Å². The quantitative estimate of drug-likeness (QED) is 0.327. The Bertz CT molecular complexity index is 1460. The van der Waals surface area contributed by atoms with Crippen LogP contribution in [0.5, 0.6) is 0 Å². The first-order valence-corrected chi connectivity index (χ1v) is 11.2.